The number of alkyl halides is 3. The van der Waals surface area contributed by atoms with Crippen LogP contribution < -0.4 is 0 Å². The van der Waals surface area contributed by atoms with Crippen LogP contribution >= 0.6 is 0 Å². The molecule has 0 amide bonds. The predicted molar refractivity (Wildman–Crippen MR) is 64.5 cm³/mol. The van der Waals surface area contributed by atoms with Crippen LogP contribution in [-0.4, -0.2) is 35.7 Å². The Labute approximate surface area is 110 Å². The van der Waals surface area contributed by atoms with Gasteiger partial charge in [-0.3, -0.25) is 9.88 Å². The van der Waals surface area contributed by atoms with Crippen LogP contribution in [0.25, 0.3) is 0 Å². The predicted octanol–water partition coefficient (Wildman–Crippen LogP) is 2.71. The Hall–Kier alpha value is -1.14. The summed E-state index contributed by atoms with van der Waals surface area (Å²) in [5.74, 6) is 0. The van der Waals surface area contributed by atoms with Gasteiger partial charge in [-0.05, 0) is 18.1 Å². The highest BCUT2D eigenvalue weighted by Gasteiger charge is 2.32. The Morgan fingerprint density at radius 3 is 2.79 bits per heavy atom. The van der Waals surface area contributed by atoms with Crippen molar-refractivity contribution in [2.75, 3.05) is 19.7 Å². The number of halogens is 3. The van der Waals surface area contributed by atoms with E-state index in [2.05, 4.69) is 16.8 Å². The summed E-state index contributed by atoms with van der Waals surface area (Å²) < 4.78 is 42.7. The molecule has 2 rings (SSSR count). The SMILES string of the molecule is CCC1CN(Cc2ccc(C(F)(F)F)nc2)CCO1. The van der Waals surface area contributed by atoms with Crippen molar-refractivity contribution >= 4 is 0 Å². The zero-order chi connectivity index (χ0) is 13.9. The van der Waals surface area contributed by atoms with Gasteiger partial charge in [0.2, 0.25) is 0 Å². The van der Waals surface area contributed by atoms with E-state index in [0.29, 0.717) is 13.2 Å². The quantitative estimate of drug-likeness (QED) is 0.847. The van der Waals surface area contributed by atoms with Gasteiger partial charge in [0.05, 0.1) is 12.7 Å². The number of aromatic nitrogens is 1. The lowest BCUT2D eigenvalue weighted by Gasteiger charge is -2.32. The van der Waals surface area contributed by atoms with Crippen LogP contribution in [0.3, 0.4) is 0 Å². The van der Waals surface area contributed by atoms with Crippen molar-refractivity contribution in [2.24, 2.45) is 0 Å². The summed E-state index contributed by atoms with van der Waals surface area (Å²) in [6.07, 6.45) is -1.90. The molecule has 1 fully saturated rings. The molecule has 3 nitrogen and oxygen atoms in total. The molecule has 0 aliphatic carbocycles. The van der Waals surface area contributed by atoms with Gasteiger partial charge in [-0.1, -0.05) is 13.0 Å². The van der Waals surface area contributed by atoms with Crippen LogP contribution in [0.4, 0.5) is 13.2 Å². The molecule has 1 aliphatic heterocycles. The summed E-state index contributed by atoms with van der Waals surface area (Å²) in [5, 5.41) is 0. The monoisotopic (exact) mass is 274 g/mol. The first-order chi connectivity index (χ1) is 8.99. The molecular weight excluding hydrogens is 257 g/mol. The zero-order valence-electron chi connectivity index (χ0n) is 10.8. The number of ether oxygens (including phenoxy) is 1. The van der Waals surface area contributed by atoms with E-state index in [9.17, 15) is 13.2 Å². The van der Waals surface area contributed by atoms with Gasteiger partial charge in [-0.15, -0.1) is 0 Å². The molecule has 1 atom stereocenters. The lowest BCUT2D eigenvalue weighted by Crippen LogP contribution is -2.41. The molecule has 6 heteroatoms. The molecule has 0 spiro atoms. The molecule has 1 aromatic heterocycles. The first-order valence-electron chi connectivity index (χ1n) is 6.35. The number of hydrogen-bond acceptors (Lipinski definition) is 3. The zero-order valence-corrected chi connectivity index (χ0v) is 10.8. The Kier molecular flexibility index (Phi) is 4.42. The van der Waals surface area contributed by atoms with Crippen LogP contribution in [0.1, 0.15) is 24.6 Å². The average Bonchev–Trinajstić information content (AvgIpc) is 2.38. The third kappa shape index (κ3) is 3.91. The fourth-order valence-electron chi connectivity index (χ4n) is 2.11. The van der Waals surface area contributed by atoms with Gasteiger partial charge in [0.15, 0.2) is 0 Å². The van der Waals surface area contributed by atoms with Crippen LogP contribution in [0.15, 0.2) is 18.3 Å². The molecule has 1 aliphatic rings. The van der Waals surface area contributed by atoms with Gasteiger partial charge in [-0.25, -0.2) is 0 Å². The van der Waals surface area contributed by atoms with E-state index in [-0.39, 0.29) is 6.10 Å². The smallest absolute Gasteiger partial charge is 0.376 e. The molecular formula is C13H17F3N2O. The van der Waals surface area contributed by atoms with Crippen molar-refractivity contribution in [3.63, 3.8) is 0 Å². The largest absolute Gasteiger partial charge is 0.433 e. The minimum absolute atomic E-state index is 0.219. The maximum Gasteiger partial charge on any atom is 0.433 e. The van der Waals surface area contributed by atoms with E-state index in [4.69, 9.17) is 4.74 Å². The Morgan fingerprint density at radius 1 is 1.42 bits per heavy atom. The Bertz CT molecular complexity index is 405. The van der Waals surface area contributed by atoms with Crippen LogP contribution in [-0.2, 0) is 17.5 Å². The molecule has 0 aromatic carbocycles. The molecule has 2 heterocycles. The summed E-state index contributed by atoms with van der Waals surface area (Å²) in [5.41, 5.74) is -0.0468. The fraction of sp³-hybridized carbons (Fsp3) is 0.615. The molecule has 1 aromatic rings. The summed E-state index contributed by atoms with van der Waals surface area (Å²) in [7, 11) is 0. The molecule has 0 radical (unpaired) electrons. The van der Waals surface area contributed by atoms with E-state index in [1.54, 1.807) is 0 Å². The van der Waals surface area contributed by atoms with Gasteiger partial charge in [0.1, 0.15) is 5.69 Å². The number of nitrogens with zero attached hydrogens (tertiary/aromatic N) is 2. The summed E-state index contributed by atoms with van der Waals surface area (Å²) in [4.78, 5) is 5.65. The second kappa shape index (κ2) is 5.88. The van der Waals surface area contributed by atoms with Gasteiger partial charge in [0, 0.05) is 25.8 Å². The highest BCUT2D eigenvalue weighted by Crippen LogP contribution is 2.27. The first kappa shape index (κ1) is 14.3. The standard InChI is InChI=1S/C13H17F3N2O/c1-2-11-9-18(5-6-19-11)8-10-3-4-12(17-7-10)13(14,15)16/h3-4,7,11H,2,5-6,8-9H2,1H3. The third-order valence-corrected chi connectivity index (χ3v) is 3.20. The first-order valence-corrected chi connectivity index (χ1v) is 6.35. The minimum atomic E-state index is -4.37. The molecule has 0 N–H and O–H groups in total. The van der Waals surface area contributed by atoms with Crippen molar-refractivity contribution in [1.29, 1.82) is 0 Å². The molecule has 1 saturated heterocycles. The van der Waals surface area contributed by atoms with E-state index in [1.807, 2.05) is 0 Å². The molecule has 19 heavy (non-hydrogen) atoms. The van der Waals surface area contributed by atoms with Crippen LogP contribution in [0.2, 0.25) is 0 Å². The minimum Gasteiger partial charge on any atom is -0.376 e. The number of rotatable bonds is 3. The Balaban J connectivity index is 1.96. The third-order valence-electron chi connectivity index (χ3n) is 3.20. The average molecular weight is 274 g/mol. The van der Waals surface area contributed by atoms with E-state index < -0.39 is 11.9 Å². The fourth-order valence-corrected chi connectivity index (χ4v) is 2.11. The van der Waals surface area contributed by atoms with Gasteiger partial charge in [-0.2, -0.15) is 13.2 Å². The Morgan fingerprint density at radius 2 is 2.21 bits per heavy atom. The van der Waals surface area contributed by atoms with Crippen molar-refractivity contribution in [2.45, 2.75) is 32.2 Å². The number of hydrogen-bond donors (Lipinski definition) is 0. The van der Waals surface area contributed by atoms with Crippen molar-refractivity contribution in [3.05, 3.63) is 29.6 Å². The summed E-state index contributed by atoms with van der Waals surface area (Å²) in [6, 6.07) is 2.53. The molecule has 106 valence electrons. The van der Waals surface area contributed by atoms with Crippen LogP contribution in [0, 0.1) is 0 Å². The number of morpholine rings is 1. The van der Waals surface area contributed by atoms with Gasteiger partial charge >= 0.3 is 6.18 Å². The molecule has 1 unspecified atom stereocenters. The second-order valence-electron chi connectivity index (χ2n) is 4.69. The normalized spacial score (nSPS) is 21.6. The van der Waals surface area contributed by atoms with E-state index >= 15 is 0 Å². The van der Waals surface area contributed by atoms with E-state index in [0.717, 1.165) is 31.1 Å². The van der Waals surface area contributed by atoms with Gasteiger partial charge in [0.25, 0.3) is 0 Å². The summed E-state index contributed by atoms with van der Waals surface area (Å²) >= 11 is 0. The highest BCUT2D eigenvalue weighted by atomic mass is 19.4. The lowest BCUT2D eigenvalue weighted by molar-refractivity contribution is -0.141. The van der Waals surface area contributed by atoms with Crippen molar-refractivity contribution in [1.82, 2.24) is 9.88 Å². The van der Waals surface area contributed by atoms with Crippen LogP contribution in [0.5, 0.6) is 0 Å². The maximum absolute atomic E-state index is 12.4. The lowest BCUT2D eigenvalue weighted by atomic mass is 10.2. The maximum atomic E-state index is 12.4. The summed E-state index contributed by atoms with van der Waals surface area (Å²) in [6.45, 7) is 4.97. The molecule has 0 saturated carbocycles. The highest BCUT2D eigenvalue weighted by molar-refractivity contribution is 5.16. The van der Waals surface area contributed by atoms with Crippen molar-refractivity contribution < 1.29 is 17.9 Å². The molecule has 0 bridgehead atoms. The van der Waals surface area contributed by atoms with Crippen molar-refractivity contribution in [3.8, 4) is 0 Å². The van der Waals surface area contributed by atoms with E-state index in [1.165, 1.54) is 12.3 Å². The topological polar surface area (TPSA) is 25.4 Å². The number of pyridine rings is 1. The van der Waals surface area contributed by atoms with Gasteiger partial charge < -0.3 is 4.74 Å². The second-order valence-corrected chi connectivity index (χ2v) is 4.69.